The van der Waals surface area contributed by atoms with Gasteiger partial charge < -0.3 is 0 Å². The average Bonchev–Trinajstić information content (AvgIpc) is 2.10. The van der Waals surface area contributed by atoms with Gasteiger partial charge in [-0.05, 0) is 0 Å². The van der Waals surface area contributed by atoms with Crippen LogP contribution in [0, 0.1) is 0 Å². The predicted octanol–water partition coefficient (Wildman–Crippen LogP) is 2.30. The first-order valence-corrected chi connectivity index (χ1v) is 2.94. The van der Waals surface area contributed by atoms with E-state index in [9.17, 15) is 4.79 Å². The third-order valence-corrected chi connectivity index (χ3v) is 0.936. The molecule has 0 saturated carbocycles. The summed E-state index contributed by atoms with van der Waals surface area (Å²) in [5.74, 6) is 0. The van der Waals surface area contributed by atoms with E-state index in [1.807, 2.05) is 18.2 Å². The minimum absolute atomic E-state index is 0.729. The number of benzene rings is 1. The summed E-state index contributed by atoms with van der Waals surface area (Å²) in [7, 11) is 0. The molecular weight excluding hydrogens is 124 g/mol. The number of rotatable bonds is 1. The predicted molar refractivity (Wildman–Crippen MR) is 43.1 cm³/mol. The standard InChI is InChI=1S/C7H6O.C2H4/c8-6-7-4-2-1-3-5-7;1-2/h1-6H;1-2H2. The molecule has 1 nitrogen and oxygen atoms in total. The molecule has 1 aromatic carbocycles. The minimum atomic E-state index is 0.729. The maximum atomic E-state index is 10.0. The zero-order chi connectivity index (χ0) is 7.82. The lowest BCUT2D eigenvalue weighted by atomic mass is 10.2. The summed E-state index contributed by atoms with van der Waals surface area (Å²) in [5.41, 5.74) is 0.729. The third-order valence-electron chi connectivity index (χ3n) is 0.936. The highest BCUT2D eigenvalue weighted by Crippen LogP contribution is 1.91. The Labute approximate surface area is 61.0 Å². The van der Waals surface area contributed by atoms with Crippen LogP contribution in [0.1, 0.15) is 10.4 Å². The summed E-state index contributed by atoms with van der Waals surface area (Å²) in [6.07, 6.45) is 0.833. The third kappa shape index (κ3) is 2.82. The van der Waals surface area contributed by atoms with Gasteiger partial charge in [-0.2, -0.15) is 0 Å². The van der Waals surface area contributed by atoms with Crippen molar-refractivity contribution < 1.29 is 4.79 Å². The van der Waals surface area contributed by atoms with Crippen molar-refractivity contribution in [3.05, 3.63) is 49.1 Å². The second kappa shape index (κ2) is 5.76. The number of aldehydes is 1. The largest absolute Gasteiger partial charge is 0.298 e. The molecule has 0 N–H and O–H groups in total. The second-order valence-corrected chi connectivity index (χ2v) is 1.53. The van der Waals surface area contributed by atoms with Crippen LogP contribution in [0.2, 0.25) is 0 Å². The topological polar surface area (TPSA) is 17.1 Å². The van der Waals surface area contributed by atoms with Gasteiger partial charge in [-0.1, -0.05) is 30.3 Å². The molecule has 0 aliphatic heterocycles. The molecule has 0 atom stereocenters. The fourth-order valence-corrected chi connectivity index (χ4v) is 0.532. The molecule has 0 aliphatic rings. The van der Waals surface area contributed by atoms with Gasteiger partial charge in [0.05, 0.1) is 0 Å². The molecule has 0 aromatic heterocycles. The lowest BCUT2D eigenvalue weighted by Gasteiger charge is -1.81. The van der Waals surface area contributed by atoms with Crippen LogP contribution in [0.4, 0.5) is 0 Å². The van der Waals surface area contributed by atoms with E-state index in [2.05, 4.69) is 13.2 Å². The van der Waals surface area contributed by atoms with E-state index in [1.54, 1.807) is 12.1 Å². The second-order valence-electron chi connectivity index (χ2n) is 1.53. The molecule has 1 rings (SSSR count). The Kier molecular flexibility index (Phi) is 4.97. The maximum absolute atomic E-state index is 10.0. The molecule has 0 saturated heterocycles. The Hall–Kier alpha value is -1.37. The van der Waals surface area contributed by atoms with E-state index >= 15 is 0 Å². The van der Waals surface area contributed by atoms with Crippen molar-refractivity contribution in [2.75, 3.05) is 0 Å². The Morgan fingerprint density at radius 2 is 1.60 bits per heavy atom. The number of carbonyl (C=O) groups is 1. The first kappa shape index (κ1) is 8.63. The van der Waals surface area contributed by atoms with Crippen LogP contribution in [0.15, 0.2) is 43.5 Å². The molecule has 0 amide bonds. The van der Waals surface area contributed by atoms with Gasteiger partial charge in [0, 0.05) is 5.56 Å². The Balaban J connectivity index is 0.000000371. The SMILES string of the molecule is C=C.O=Cc1ccccc1. The number of carbonyl (C=O) groups excluding carboxylic acids is 1. The molecule has 52 valence electrons. The normalized spacial score (nSPS) is 7.20. The maximum Gasteiger partial charge on any atom is 0.150 e. The van der Waals surface area contributed by atoms with E-state index in [1.165, 1.54) is 0 Å². The van der Waals surface area contributed by atoms with E-state index < -0.39 is 0 Å². The van der Waals surface area contributed by atoms with Crippen LogP contribution in [-0.4, -0.2) is 6.29 Å². The Bertz CT molecular complexity index is 179. The zero-order valence-electron chi connectivity index (χ0n) is 5.79. The van der Waals surface area contributed by atoms with Crippen LogP contribution in [0.3, 0.4) is 0 Å². The molecule has 0 unspecified atom stereocenters. The van der Waals surface area contributed by atoms with Crippen LogP contribution < -0.4 is 0 Å². The summed E-state index contributed by atoms with van der Waals surface area (Å²) in [6.45, 7) is 6.00. The van der Waals surface area contributed by atoms with E-state index in [0.29, 0.717) is 0 Å². The fraction of sp³-hybridized carbons (Fsp3) is 0. The fourth-order valence-electron chi connectivity index (χ4n) is 0.532. The first-order valence-electron chi connectivity index (χ1n) is 2.94. The summed E-state index contributed by atoms with van der Waals surface area (Å²) < 4.78 is 0. The summed E-state index contributed by atoms with van der Waals surface area (Å²) >= 11 is 0. The van der Waals surface area contributed by atoms with Crippen LogP contribution in [0.5, 0.6) is 0 Å². The van der Waals surface area contributed by atoms with Gasteiger partial charge in [-0.25, -0.2) is 0 Å². The number of hydrogen-bond acceptors (Lipinski definition) is 1. The molecule has 0 bridgehead atoms. The molecular formula is C9H10O. The molecule has 0 spiro atoms. The van der Waals surface area contributed by atoms with Gasteiger partial charge in [0.25, 0.3) is 0 Å². The van der Waals surface area contributed by atoms with E-state index in [4.69, 9.17) is 0 Å². The van der Waals surface area contributed by atoms with Crippen molar-refractivity contribution in [3.8, 4) is 0 Å². The average molecular weight is 134 g/mol. The highest BCUT2D eigenvalue weighted by atomic mass is 16.1. The quantitative estimate of drug-likeness (QED) is 0.425. The van der Waals surface area contributed by atoms with Crippen molar-refractivity contribution in [3.63, 3.8) is 0 Å². The Morgan fingerprint density at radius 3 is 1.90 bits per heavy atom. The van der Waals surface area contributed by atoms with Crippen molar-refractivity contribution in [1.82, 2.24) is 0 Å². The molecule has 0 aliphatic carbocycles. The van der Waals surface area contributed by atoms with Crippen LogP contribution in [-0.2, 0) is 0 Å². The summed E-state index contributed by atoms with van der Waals surface area (Å²) in [4.78, 5) is 10.0. The first-order chi connectivity index (χ1) is 4.93. The lowest BCUT2D eigenvalue weighted by molar-refractivity contribution is 0.112. The van der Waals surface area contributed by atoms with Gasteiger partial charge in [-0.15, -0.1) is 13.2 Å². The van der Waals surface area contributed by atoms with Crippen LogP contribution in [0.25, 0.3) is 0 Å². The van der Waals surface area contributed by atoms with Gasteiger partial charge in [0.15, 0.2) is 0 Å². The smallest absolute Gasteiger partial charge is 0.150 e. The summed E-state index contributed by atoms with van der Waals surface area (Å²) in [6, 6.07) is 9.10. The van der Waals surface area contributed by atoms with Gasteiger partial charge in [0.2, 0.25) is 0 Å². The number of hydrogen-bond donors (Lipinski definition) is 0. The summed E-state index contributed by atoms with van der Waals surface area (Å²) in [5, 5.41) is 0. The van der Waals surface area contributed by atoms with Gasteiger partial charge >= 0.3 is 0 Å². The van der Waals surface area contributed by atoms with Crippen molar-refractivity contribution in [2.45, 2.75) is 0 Å². The molecule has 0 fully saturated rings. The molecule has 1 heteroatoms. The molecule has 0 radical (unpaired) electrons. The zero-order valence-corrected chi connectivity index (χ0v) is 5.79. The van der Waals surface area contributed by atoms with Crippen molar-refractivity contribution >= 4 is 6.29 Å². The van der Waals surface area contributed by atoms with Gasteiger partial charge in [0.1, 0.15) is 6.29 Å². The molecule has 10 heavy (non-hydrogen) atoms. The van der Waals surface area contributed by atoms with Crippen molar-refractivity contribution in [2.24, 2.45) is 0 Å². The highest BCUT2D eigenvalue weighted by Gasteiger charge is 1.79. The van der Waals surface area contributed by atoms with E-state index in [-0.39, 0.29) is 0 Å². The van der Waals surface area contributed by atoms with Gasteiger partial charge in [-0.3, -0.25) is 4.79 Å². The monoisotopic (exact) mass is 134 g/mol. The lowest BCUT2D eigenvalue weighted by Crippen LogP contribution is -1.73. The Morgan fingerprint density at radius 1 is 1.10 bits per heavy atom. The van der Waals surface area contributed by atoms with Crippen molar-refractivity contribution in [1.29, 1.82) is 0 Å². The van der Waals surface area contributed by atoms with Crippen LogP contribution >= 0.6 is 0 Å². The minimum Gasteiger partial charge on any atom is -0.298 e. The molecule has 0 heterocycles. The van der Waals surface area contributed by atoms with E-state index in [0.717, 1.165) is 11.8 Å². The molecule has 1 aromatic rings. The highest BCUT2D eigenvalue weighted by molar-refractivity contribution is 5.74.